The van der Waals surface area contributed by atoms with Crippen LogP contribution < -0.4 is 0 Å². The Bertz CT molecular complexity index is 1010. The van der Waals surface area contributed by atoms with Gasteiger partial charge in [0.2, 0.25) is 0 Å². The molecule has 3 atom stereocenters. The summed E-state index contributed by atoms with van der Waals surface area (Å²) in [6.45, 7) is -1.90. The largest absolute Gasteiger partial charge is 0.457 e. The SMILES string of the molecule is O=C(OCc1ccccc1)[C@@](O)(OCc1ccccc1)[C@@](O)(OCc1ccccc1)[C@H](O)CO. The number of aliphatic hydroxyl groups is 4. The van der Waals surface area contributed by atoms with Gasteiger partial charge < -0.3 is 34.6 Å². The predicted molar refractivity (Wildman–Crippen MR) is 122 cm³/mol. The zero-order valence-electron chi connectivity index (χ0n) is 18.5. The number of esters is 1. The summed E-state index contributed by atoms with van der Waals surface area (Å²) in [5.74, 6) is -7.65. The van der Waals surface area contributed by atoms with Gasteiger partial charge in [0.25, 0.3) is 5.79 Å². The van der Waals surface area contributed by atoms with E-state index in [9.17, 15) is 25.2 Å². The van der Waals surface area contributed by atoms with Crippen LogP contribution in [0.5, 0.6) is 0 Å². The van der Waals surface area contributed by atoms with Gasteiger partial charge in [-0.2, -0.15) is 0 Å². The second kappa shape index (κ2) is 11.8. The smallest absolute Gasteiger partial charge is 0.373 e. The van der Waals surface area contributed by atoms with Crippen molar-refractivity contribution in [2.45, 2.75) is 37.5 Å². The average Bonchev–Trinajstić information content (AvgIpc) is 2.90. The van der Waals surface area contributed by atoms with Gasteiger partial charge in [-0.05, 0) is 16.7 Å². The molecule has 3 rings (SSSR count). The van der Waals surface area contributed by atoms with Gasteiger partial charge in [0.15, 0.2) is 0 Å². The number of benzene rings is 3. The van der Waals surface area contributed by atoms with Gasteiger partial charge in [0, 0.05) is 0 Å². The molecular weight excluding hydrogens is 440 g/mol. The fourth-order valence-corrected chi connectivity index (χ4v) is 3.20. The minimum absolute atomic E-state index is 0.235. The zero-order chi connectivity index (χ0) is 24.4. The van der Waals surface area contributed by atoms with E-state index in [2.05, 4.69) is 0 Å². The number of hydrogen-bond donors (Lipinski definition) is 4. The highest BCUT2D eigenvalue weighted by molar-refractivity contribution is 5.79. The summed E-state index contributed by atoms with van der Waals surface area (Å²) in [7, 11) is 0. The molecule has 34 heavy (non-hydrogen) atoms. The maximum Gasteiger partial charge on any atom is 0.373 e. The van der Waals surface area contributed by atoms with E-state index in [1.54, 1.807) is 91.0 Å². The Morgan fingerprint density at radius 1 is 0.706 bits per heavy atom. The van der Waals surface area contributed by atoms with Gasteiger partial charge >= 0.3 is 11.8 Å². The van der Waals surface area contributed by atoms with Gasteiger partial charge in [-0.15, -0.1) is 0 Å². The molecule has 4 N–H and O–H groups in total. The average molecular weight is 469 g/mol. The molecule has 8 nitrogen and oxygen atoms in total. The third kappa shape index (κ3) is 6.06. The highest BCUT2D eigenvalue weighted by Gasteiger charge is 2.63. The van der Waals surface area contributed by atoms with Crippen molar-refractivity contribution in [3.8, 4) is 0 Å². The number of ether oxygens (including phenoxy) is 3. The third-order valence-electron chi connectivity index (χ3n) is 5.19. The van der Waals surface area contributed by atoms with E-state index >= 15 is 0 Å². The molecule has 180 valence electrons. The minimum Gasteiger partial charge on any atom is -0.457 e. The normalized spacial score (nSPS) is 15.6. The standard InChI is InChI=1S/C26H28O8/c27-16-23(28)25(30,33-18-21-12-6-2-7-13-21)26(31,34-19-22-14-8-3-9-15-22)24(29)32-17-20-10-4-1-5-11-20/h1-15,23,27-28,30-31H,16-19H2/t23-,25+,26-/m1/s1. The van der Waals surface area contributed by atoms with E-state index in [1.807, 2.05) is 0 Å². The van der Waals surface area contributed by atoms with Crippen molar-refractivity contribution in [2.24, 2.45) is 0 Å². The van der Waals surface area contributed by atoms with Crippen molar-refractivity contribution in [3.63, 3.8) is 0 Å². The Morgan fingerprint density at radius 3 is 1.56 bits per heavy atom. The van der Waals surface area contributed by atoms with E-state index in [1.165, 1.54) is 0 Å². The highest BCUT2D eigenvalue weighted by atomic mass is 16.7. The molecule has 0 aliphatic rings. The predicted octanol–water partition coefficient (Wildman–Crippen LogP) is 1.89. The van der Waals surface area contributed by atoms with E-state index in [0.29, 0.717) is 16.7 Å². The summed E-state index contributed by atoms with van der Waals surface area (Å²) in [5, 5.41) is 42.7. The minimum atomic E-state index is -3.19. The molecule has 0 heterocycles. The molecule has 0 amide bonds. The monoisotopic (exact) mass is 468 g/mol. The van der Waals surface area contributed by atoms with Crippen molar-refractivity contribution in [1.29, 1.82) is 0 Å². The molecule has 0 unspecified atom stereocenters. The number of hydrogen-bond acceptors (Lipinski definition) is 8. The number of carbonyl (C=O) groups excluding carboxylic acids is 1. The summed E-state index contributed by atoms with van der Waals surface area (Å²) >= 11 is 0. The number of carbonyl (C=O) groups is 1. The molecule has 8 heteroatoms. The summed E-state index contributed by atoms with van der Waals surface area (Å²) < 4.78 is 16.2. The Balaban J connectivity index is 1.90. The highest BCUT2D eigenvalue weighted by Crippen LogP contribution is 2.33. The number of rotatable bonds is 12. The summed E-state index contributed by atoms with van der Waals surface area (Å²) in [4.78, 5) is 13.1. The van der Waals surface area contributed by atoms with Crippen LogP contribution in [0.3, 0.4) is 0 Å². The van der Waals surface area contributed by atoms with Gasteiger partial charge in [0.1, 0.15) is 12.7 Å². The molecule has 0 aromatic heterocycles. The van der Waals surface area contributed by atoms with Gasteiger partial charge in [-0.25, -0.2) is 4.79 Å². The van der Waals surface area contributed by atoms with Crippen molar-refractivity contribution in [2.75, 3.05) is 6.61 Å². The first-order valence-electron chi connectivity index (χ1n) is 10.7. The van der Waals surface area contributed by atoms with Crippen LogP contribution in [0.4, 0.5) is 0 Å². The number of aliphatic hydroxyl groups excluding tert-OH is 2. The van der Waals surface area contributed by atoms with Crippen LogP contribution in [-0.2, 0) is 38.8 Å². The van der Waals surface area contributed by atoms with Crippen molar-refractivity contribution in [1.82, 2.24) is 0 Å². The Hall–Kier alpha value is -3.11. The summed E-state index contributed by atoms with van der Waals surface area (Å²) in [6.07, 6.45) is -2.11. The van der Waals surface area contributed by atoms with Crippen LogP contribution in [0.25, 0.3) is 0 Å². The molecule has 0 aliphatic carbocycles. The Morgan fingerprint density at radius 2 is 1.12 bits per heavy atom. The molecule has 0 bridgehead atoms. The summed E-state index contributed by atoms with van der Waals surface area (Å²) in [6, 6.07) is 25.9. The lowest BCUT2D eigenvalue weighted by atomic mass is 9.98. The molecule has 0 radical (unpaired) electrons. The van der Waals surface area contributed by atoms with E-state index in [-0.39, 0.29) is 19.8 Å². The van der Waals surface area contributed by atoms with Crippen LogP contribution in [0.1, 0.15) is 16.7 Å². The second-order valence-corrected chi connectivity index (χ2v) is 7.65. The van der Waals surface area contributed by atoms with Crippen LogP contribution in [0.15, 0.2) is 91.0 Å². The maximum absolute atomic E-state index is 13.1. The molecule has 3 aromatic carbocycles. The van der Waals surface area contributed by atoms with E-state index in [4.69, 9.17) is 14.2 Å². The van der Waals surface area contributed by atoms with Gasteiger partial charge in [0.05, 0.1) is 19.8 Å². The lowest BCUT2D eigenvalue weighted by Gasteiger charge is -2.42. The summed E-state index contributed by atoms with van der Waals surface area (Å²) in [5.41, 5.74) is 1.77. The zero-order valence-corrected chi connectivity index (χ0v) is 18.5. The molecule has 0 spiro atoms. The first-order valence-corrected chi connectivity index (χ1v) is 10.7. The molecule has 0 saturated carbocycles. The fourth-order valence-electron chi connectivity index (χ4n) is 3.20. The fraction of sp³-hybridized carbons (Fsp3) is 0.269. The van der Waals surface area contributed by atoms with Crippen LogP contribution in [0.2, 0.25) is 0 Å². The molecular formula is C26H28O8. The molecule has 0 saturated heterocycles. The Kier molecular flexibility index (Phi) is 8.89. The first kappa shape index (κ1) is 25.5. The van der Waals surface area contributed by atoms with Crippen LogP contribution in [0, 0.1) is 0 Å². The van der Waals surface area contributed by atoms with Gasteiger partial charge in [-0.1, -0.05) is 91.0 Å². The van der Waals surface area contributed by atoms with Crippen molar-refractivity contribution < 1.29 is 39.4 Å². The van der Waals surface area contributed by atoms with Gasteiger partial charge in [-0.3, -0.25) is 0 Å². The van der Waals surface area contributed by atoms with Crippen LogP contribution >= 0.6 is 0 Å². The first-order chi connectivity index (χ1) is 16.4. The third-order valence-corrected chi connectivity index (χ3v) is 5.19. The molecule has 3 aromatic rings. The van der Waals surface area contributed by atoms with E-state index in [0.717, 1.165) is 0 Å². The van der Waals surface area contributed by atoms with Crippen molar-refractivity contribution >= 4 is 5.97 Å². The lowest BCUT2D eigenvalue weighted by molar-refractivity contribution is -0.405. The topological polar surface area (TPSA) is 126 Å². The quantitative estimate of drug-likeness (QED) is 0.235. The van der Waals surface area contributed by atoms with Crippen molar-refractivity contribution in [3.05, 3.63) is 108 Å². The lowest BCUT2D eigenvalue weighted by Crippen LogP contribution is -2.69. The van der Waals surface area contributed by atoms with E-state index < -0.39 is 30.3 Å². The second-order valence-electron chi connectivity index (χ2n) is 7.65. The molecule has 0 fully saturated rings. The van der Waals surface area contributed by atoms with Crippen LogP contribution in [-0.4, -0.2) is 50.7 Å². The molecule has 0 aliphatic heterocycles. The maximum atomic E-state index is 13.1. The Labute approximate surface area is 197 Å².